The lowest BCUT2D eigenvalue weighted by atomic mass is 9.90. The number of carbonyl (C=O) groups excluding carboxylic acids is 1. The highest BCUT2D eigenvalue weighted by Crippen LogP contribution is 2.23. The summed E-state index contributed by atoms with van der Waals surface area (Å²) < 4.78 is 0. The van der Waals surface area contributed by atoms with Crippen LogP contribution in [-0.2, 0) is 11.2 Å². The standard InChI is InChI=1S/C15H22N2O/c1-2-17-15(18)10-12-5-3-6-13(9-12)14-7-4-8-16-11-14/h3,5-6,9,14,16H,2,4,7-8,10-11H2,1H3,(H,17,18). The fourth-order valence-electron chi connectivity index (χ4n) is 2.54. The first kappa shape index (κ1) is 13.1. The van der Waals surface area contributed by atoms with E-state index >= 15 is 0 Å². The van der Waals surface area contributed by atoms with Gasteiger partial charge in [-0.25, -0.2) is 0 Å². The molecule has 0 aliphatic carbocycles. The van der Waals surface area contributed by atoms with E-state index in [2.05, 4.69) is 28.8 Å². The summed E-state index contributed by atoms with van der Waals surface area (Å²) in [6.45, 7) is 4.84. The molecule has 0 bridgehead atoms. The molecule has 0 saturated carbocycles. The number of benzene rings is 1. The van der Waals surface area contributed by atoms with Crippen molar-refractivity contribution in [2.75, 3.05) is 19.6 Å². The Balaban J connectivity index is 2.02. The van der Waals surface area contributed by atoms with Crippen molar-refractivity contribution in [3.8, 4) is 0 Å². The first-order valence-electron chi connectivity index (χ1n) is 6.86. The largest absolute Gasteiger partial charge is 0.356 e. The van der Waals surface area contributed by atoms with Gasteiger partial charge in [0.05, 0.1) is 6.42 Å². The minimum Gasteiger partial charge on any atom is -0.356 e. The zero-order valence-corrected chi connectivity index (χ0v) is 11.0. The first-order chi connectivity index (χ1) is 8.79. The van der Waals surface area contributed by atoms with Crippen molar-refractivity contribution < 1.29 is 4.79 Å². The maximum absolute atomic E-state index is 11.6. The highest BCUT2D eigenvalue weighted by molar-refractivity contribution is 5.78. The van der Waals surface area contributed by atoms with E-state index in [1.165, 1.54) is 18.4 Å². The Morgan fingerprint density at radius 3 is 3.11 bits per heavy atom. The quantitative estimate of drug-likeness (QED) is 0.851. The molecule has 1 amide bonds. The molecule has 1 fully saturated rings. The van der Waals surface area contributed by atoms with Gasteiger partial charge in [-0.3, -0.25) is 4.79 Å². The molecule has 2 N–H and O–H groups in total. The average Bonchev–Trinajstić information content (AvgIpc) is 2.40. The third-order valence-corrected chi connectivity index (χ3v) is 3.46. The maximum atomic E-state index is 11.6. The summed E-state index contributed by atoms with van der Waals surface area (Å²) in [7, 11) is 0. The van der Waals surface area contributed by atoms with Crippen molar-refractivity contribution in [2.24, 2.45) is 0 Å². The van der Waals surface area contributed by atoms with Gasteiger partial charge in [-0.2, -0.15) is 0 Å². The molecule has 0 spiro atoms. The van der Waals surface area contributed by atoms with Crippen molar-refractivity contribution in [1.82, 2.24) is 10.6 Å². The molecule has 3 heteroatoms. The van der Waals surface area contributed by atoms with Crippen LogP contribution in [0.3, 0.4) is 0 Å². The molecule has 1 heterocycles. The summed E-state index contributed by atoms with van der Waals surface area (Å²) in [5.74, 6) is 0.712. The van der Waals surface area contributed by atoms with Crippen LogP contribution in [0.25, 0.3) is 0 Å². The van der Waals surface area contributed by atoms with Gasteiger partial charge in [0.25, 0.3) is 0 Å². The summed E-state index contributed by atoms with van der Waals surface area (Å²) in [6.07, 6.45) is 2.98. The van der Waals surface area contributed by atoms with Gasteiger partial charge in [-0.05, 0) is 43.4 Å². The van der Waals surface area contributed by atoms with Crippen LogP contribution in [0.4, 0.5) is 0 Å². The molecule has 1 aromatic rings. The van der Waals surface area contributed by atoms with Crippen LogP contribution < -0.4 is 10.6 Å². The number of nitrogens with one attached hydrogen (secondary N) is 2. The number of amides is 1. The third kappa shape index (κ3) is 3.57. The Hall–Kier alpha value is -1.35. The predicted octanol–water partition coefficient (Wildman–Crippen LogP) is 1.83. The van der Waals surface area contributed by atoms with Gasteiger partial charge in [0.15, 0.2) is 0 Å². The lowest BCUT2D eigenvalue weighted by molar-refractivity contribution is -0.120. The number of rotatable bonds is 4. The lowest BCUT2D eigenvalue weighted by Gasteiger charge is -2.23. The number of piperidine rings is 1. The van der Waals surface area contributed by atoms with Gasteiger partial charge in [-0.1, -0.05) is 24.3 Å². The predicted molar refractivity (Wildman–Crippen MR) is 73.7 cm³/mol. The van der Waals surface area contributed by atoms with E-state index in [0.29, 0.717) is 18.9 Å². The Labute approximate surface area is 109 Å². The molecular formula is C15H22N2O. The van der Waals surface area contributed by atoms with E-state index in [1.54, 1.807) is 0 Å². The molecule has 0 aromatic heterocycles. The Morgan fingerprint density at radius 1 is 1.50 bits per heavy atom. The van der Waals surface area contributed by atoms with Crippen LogP contribution in [0.5, 0.6) is 0 Å². The second-order valence-electron chi connectivity index (χ2n) is 4.92. The highest BCUT2D eigenvalue weighted by Gasteiger charge is 2.15. The Morgan fingerprint density at radius 2 is 2.39 bits per heavy atom. The van der Waals surface area contributed by atoms with Crippen LogP contribution in [-0.4, -0.2) is 25.5 Å². The first-order valence-corrected chi connectivity index (χ1v) is 6.86. The van der Waals surface area contributed by atoms with E-state index in [0.717, 1.165) is 18.7 Å². The summed E-state index contributed by atoms with van der Waals surface area (Å²) in [5, 5.41) is 6.28. The molecule has 2 rings (SSSR count). The molecule has 1 saturated heterocycles. The molecule has 1 unspecified atom stereocenters. The number of hydrogen-bond donors (Lipinski definition) is 2. The molecule has 1 aliphatic heterocycles. The van der Waals surface area contributed by atoms with Crippen LogP contribution >= 0.6 is 0 Å². The van der Waals surface area contributed by atoms with E-state index in [-0.39, 0.29) is 5.91 Å². The molecule has 1 atom stereocenters. The third-order valence-electron chi connectivity index (χ3n) is 3.46. The SMILES string of the molecule is CCNC(=O)Cc1cccc(C2CCCNC2)c1. The van der Waals surface area contributed by atoms with Crippen LogP contribution in [0.1, 0.15) is 36.8 Å². The van der Waals surface area contributed by atoms with Crippen molar-refractivity contribution in [3.05, 3.63) is 35.4 Å². The number of carbonyl (C=O) groups is 1. The van der Waals surface area contributed by atoms with Gasteiger partial charge in [0.2, 0.25) is 5.91 Å². The van der Waals surface area contributed by atoms with E-state index in [4.69, 9.17) is 0 Å². The molecule has 98 valence electrons. The van der Waals surface area contributed by atoms with Crippen molar-refractivity contribution in [2.45, 2.75) is 32.1 Å². The van der Waals surface area contributed by atoms with Gasteiger partial charge in [0.1, 0.15) is 0 Å². The zero-order valence-electron chi connectivity index (χ0n) is 11.0. The topological polar surface area (TPSA) is 41.1 Å². The summed E-state index contributed by atoms with van der Waals surface area (Å²) in [4.78, 5) is 11.6. The zero-order chi connectivity index (χ0) is 12.8. The van der Waals surface area contributed by atoms with Crippen LogP contribution in [0.15, 0.2) is 24.3 Å². The highest BCUT2D eigenvalue weighted by atomic mass is 16.1. The van der Waals surface area contributed by atoms with E-state index in [9.17, 15) is 4.79 Å². The van der Waals surface area contributed by atoms with Crippen LogP contribution in [0, 0.1) is 0 Å². The molecule has 1 aromatic carbocycles. The lowest BCUT2D eigenvalue weighted by Crippen LogP contribution is -2.28. The van der Waals surface area contributed by atoms with Gasteiger partial charge in [-0.15, -0.1) is 0 Å². The van der Waals surface area contributed by atoms with Gasteiger partial charge >= 0.3 is 0 Å². The normalized spacial score (nSPS) is 19.5. The second-order valence-corrected chi connectivity index (χ2v) is 4.92. The minimum absolute atomic E-state index is 0.108. The maximum Gasteiger partial charge on any atom is 0.224 e. The summed E-state index contributed by atoms with van der Waals surface area (Å²) in [5.41, 5.74) is 2.48. The summed E-state index contributed by atoms with van der Waals surface area (Å²) in [6, 6.07) is 8.47. The van der Waals surface area contributed by atoms with Gasteiger partial charge < -0.3 is 10.6 Å². The molecule has 18 heavy (non-hydrogen) atoms. The molecule has 1 aliphatic rings. The fourth-order valence-corrected chi connectivity index (χ4v) is 2.54. The van der Waals surface area contributed by atoms with E-state index < -0.39 is 0 Å². The van der Waals surface area contributed by atoms with Crippen molar-refractivity contribution in [1.29, 1.82) is 0 Å². The monoisotopic (exact) mass is 246 g/mol. The smallest absolute Gasteiger partial charge is 0.224 e. The Bertz CT molecular complexity index is 397. The second kappa shape index (κ2) is 6.55. The molecular weight excluding hydrogens is 224 g/mol. The summed E-state index contributed by atoms with van der Waals surface area (Å²) >= 11 is 0. The molecule has 0 radical (unpaired) electrons. The molecule has 3 nitrogen and oxygen atoms in total. The van der Waals surface area contributed by atoms with Crippen LogP contribution in [0.2, 0.25) is 0 Å². The van der Waals surface area contributed by atoms with Gasteiger partial charge in [0, 0.05) is 13.1 Å². The fraction of sp³-hybridized carbons (Fsp3) is 0.533. The van der Waals surface area contributed by atoms with Crippen molar-refractivity contribution >= 4 is 5.91 Å². The number of hydrogen-bond acceptors (Lipinski definition) is 2. The van der Waals surface area contributed by atoms with E-state index in [1.807, 2.05) is 13.0 Å². The average molecular weight is 246 g/mol. The Kier molecular flexibility index (Phi) is 4.76. The number of likely N-dealkylation sites (N-methyl/N-ethyl adjacent to an activating group) is 1. The minimum atomic E-state index is 0.108. The van der Waals surface area contributed by atoms with Crippen molar-refractivity contribution in [3.63, 3.8) is 0 Å².